The van der Waals surface area contributed by atoms with Gasteiger partial charge >= 0.3 is 0 Å². The Morgan fingerprint density at radius 1 is 1.27 bits per heavy atom. The van der Waals surface area contributed by atoms with E-state index in [1.807, 2.05) is 18.2 Å². The number of aliphatic hydroxyl groups excluding tert-OH is 1. The zero-order valence-electron chi connectivity index (χ0n) is 12.1. The minimum atomic E-state index is -0.820. The van der Waals surface area contributed by atoms with Gasteiger partial charge in [-0.15, -0.1) is 0 Å². The van der Waals surface area contributed by atoms with Crippen molar-refractivity contribution in [2.24, 2.45) is 0 Å². The van der Waals surface area contributed by atoms with Gasteiger partial charge in [-0.05, 0) is 23.8 Å². The van der Waals surface area contributed by atoms with Gasteiger partial charge in [-0.3, -0.25) is 4.79 Å². The van der Waals surface area contributed by atoms with Gasteiger partial charge in [0.2, 0.25) is 5.91 Å². The lowest BCUT2D eigenvalue weighted by atomic mass is 10.1. The summed E-state index contributed by atoms with van der Waals surface area (Å²) in [6.45, 7) is 1.77. The number of nitrogens with one attached hydrogen (secondary N) is 1. The number of hydrogen-bond donors (Lipinski definition) is 2. The fourth-order valence-corrected chi connectivity index (χ4v) is 2.30. The van der Waals surface area contributed by atoms with Crippen LogP contribution in [0, 0.1) is 6.92 Å². The van der Waals surface area contributed by atoms with E-state index in [4.69, 9.17) is 4.42 Å². The minimum Gasteiger partial charge on any atom is -0.441 e. The first kappa shape index (κ1) is 14.3. The normalized spacial score (nSPS) is 12.3. The van der Waals surface area contributed by atoms with E-state index in [2.05, 4.69) is 10.3 Å². The number of hydrogen-bond acceptors (Lipinski definition) is 4. The Morgan fingerprint density at radius 2 is 2.05 bits per heavy atom. The predicted molar refractivity (Wildman–Crippen MR) is 83.4 cm³/mol. The Bertz CT molecular complexity index is 796. The van der Waals surface area contributed by atoms with Crippen molar-refractivity contribution in [1.82, 2.24) is 4.98 Å². The maximum atomic E-state index is 12.0. The molecular formula is C17H16N2O3. The molecule has 5 nitrogen and oxygen atoms in total. The Morgan fingerprint density at radius 3 is 2.82 bits per heavy atom. The van der Waals surface area contributed by atoms with Crippen molar-refractivity contribution in [3.05, 3.63) is 60.0 Å². The Labute approximate surface area is 127 Å². The van der Waals surface area contributed by atoms with E-state index in [1.54, 1.807) is 37.3 Å². The molecule has 1 aromatic heterocycles. The molecule has 0 saturated heterocycles. The molecule has 0 fully saturated rings. The molecule has 0 aliphatic heterocycles. The molecule has 0 aliphatic rings. The fourth-order valence-electron chi connectivity index (χ4n) is 2.30. The van der Waals surface area contributed by atoms with Gasteiger partial charge in [0.05, 0.1) is 12.5 Å². The largest absolute Gasteiger partial charge is 0.441 e. The smallest absolute Gasteiger partial charge is 0.227 e. The summed E-state index contributed by atoms with van der Waals surface area (Å²) in [7, 11) is 0. The number of aliphatic hydroxyl groups is 1. The first-order valence-electron chi connectivity index (χ1n) is 7.02. The minimum absolute atomic E-state index is 0.000105. The van der Waals surface area contributed by atoms with Crippen LogP contribution in [0.3, 0.4) is 0 Å². The van der Waals surface area contributed by atoms with E-state index < -0.39 is 6.10 Å². The van der Waals surface area contributed by atoms with Crippen LogP contribution >= 0.6 is 0 Å². The Balaban J connectivity index is 1.67. The van der Waals surface area contributed by atoms with E-state index in [9.17, 15) is 9.90 Å². The van der Waals surface area contributed by atoms with Gasteiger partial charge < -0.3 is 14.8 Å². The number of carbonyl (C=O) groups excluding carboxylic acids is 1. The zero-order chi connectivity index (χ0) is 15.5. The topological polar surface area (TPSA) is 75.4 Å². The van der Waals surface area contributed by atoms with Crippen molar-refractivity contribution < 1.29 is 14.3 Å². The number of oxazole rings is 1. The number of anilines is 1. The first-order chi connectivity index (χ1) is 10.6. The van der Waals surface area contributed by atoms with Crippen molar-refractivity contribution in [2.75, 3.05) is 5.32 Å². The van der Waals surface area contributed by atoms with Crippen LogP contribution in [-0.4, -0.2) is 16.0 Å². The van der Waals surface area contributed by atoms with E-state index in [1.165, 1.54) is 0 Å². The highest BCUT2D eigenvalue weighted by Crippen LogP contribution is 2.21. The molecule has 3 aromatic rings. The summed E-state index contributed by atoms with van der Waals surface area (Å²) < 4.78 is 5.39. The van der Waals surface area contributed by atoms with Crippen molar-refractivity contribution in [1.29, 1.82) is 0 Å². The van der Waals surface area contributed by atoms with Gasteiger partial charge in [-0.1, -0.05) is 30.3 Å². The summed E-state index contributed by atoms with van der Waals surface area (Å²) in [5.41, 5.74) is 2.73. The predicted octanol–water partition coefficient (Wildman–Crippen LogP) is 3.20. The second-order valence-corrected chi connectivity index (χ2v) is 5.09. The van der Waals surface area contributed by atoms with Crippen molar-refractivity contribution in [3.63, 3.8) is 0 Å². The molecule has 5 heteroatoms. The lowest BCUT2D eigenvalue weighted by molar-refractivity contribution is -0.118. The number of aromatic nitrogens is 1. The summed E-state index contributed by atoms with van der Waals surface area (Å²) >= 11 is 0. The molecule has 0 saturated carbocycles. The lowest BCUT2D eigenvalue weighted by Gasteiger charge is -2.11. The molecule has 0 aliphatic carbocycles. The number of aryl methyl sites for hydroxylation is 1. The van der Waals surface area contributed by atoms with Crippen LogP contribution in [0.2, 0.25) is 0 Å². The Hall–Kier alpha value is -2.66. The van der Waals surface area contributed by atoms with Crippen molar-refractivity contribution in [3.8, 4) is 0 Å². The average Bonchev–Trinajstić information content (AvgIpc) is 2.87. The molecule has 1 unspecified atom stereocenters. The summed E-state index contributed by atoms with van der Waals surface area (Å²) in [6, 6.07) is 14.4. The van der Waals surface area contributed by atoms with Crippen LogP contribution in [0.15, 0.2) is 52.9 Å². The SMILES string of the molecule is Cc1nc2cc(NC(=O)CC(O)c3ccccc3)ccc2o1. The molecule has 1 atom stereocenters. The summed E-state index contributed by atoms with van der Waals surface area (Å²) in [5, 5.41) is 12.8. The van der Waals surface area contributed by atoms with Gasteiger partial charge in [0, 0.05) is 12.6 Å². The number of fused-ring (bicyclic) bond motifs is 1. The molecule has 1 heterocycles. The number of carbonyl (C=O) groups is 1. The van der Waals surface area contributed by atoms with Gasteiger partial charge in [0.25, 0.3) is 0 Å². The third kappa shape index (κ3) is 3.15. The van der Waals surface area contributed by atoms with Crippen molar-refractivity contribution in [2.45, 2.75) is 19.4 Å². The molecule has 0 radical (unpaired) electrons. The average molecular weight is 296 g/mol. The molecule has 22 heavy (non-hydrogen) atoms. The van der Waals surface area contributed by atoms with E-state index in [-0.39, 0.29) is 12.3 Å². The number of benzene rings is 2. The summed E-state index contributed by atoms with van der Waals surface area (Å²) in [4.78, 5) is 16.2. The van der Waals surface area contributed by atoms with Crippen molar-refractivity contribution >= 4 is 22.7 Å². The van der Waals surface area contributed by atoms with Crippen LogP contribution < -0.4 is 5.32 Å². The molecule has 1 amide bonds. The Kier molecular flexibility index (Phi) is 3.89. The van der Waals surface area contributed by atoms with Crippen LogP contribution in [0.25, 0.3) is 11.1 Å². The number of nitrogens with zero attached hydrogens (tertiary/aromatic N) is 1. The zero-order valence-corrected chi connectivity index (χ0v) is 12.1. The molecule has 2 aromatic carbocycles. The van der Waals surface area contributed by atoms with Gasteiger partial charge in [0.15, 0.2) is 11.5 Å². The van der Waals surface area contributed by atoms with Gasteiger partial charge in [0.1, 0.15) is 5.52 Å². The molecule has 0 bridgehead atoms. The maximum Gasteiger partial charge on any atom is 0.227 e. The van der Waals surface area contributed by atoms with Gasteiger partial charge in [-0.2, -0.15) is 0 Å². The summed E-state index contributed by atoms with van der Waals surface area (Å²) in [6.07, 6.45) is -0.820. The van der Waals surface area contributed by atoms with Crippen LogP contribution in [0.4, 0.5) is 5.69 Å². The standard InChI is InChI=1S/C17H16N2O3/c1-11-18-14-9-13(7-8-16(14)22-11)19-17(21)10-15(20)12-5-3-2-4-6-12/h2-9,15,20H,10H2,1H3,(H,19,21). The quantitative estimate of drug-likeness (QED) is 0.775. The van der Waals surface area contributed by atoms with Crippen LogP contribution in [0.5, 0.6) is 0 Å². The lowest BCUT2D eigenvalue weighted by Crippen LogP contribution is -2.15. The van der Waals surface area contributed by atoms with E-state index >= 15 is 0 Å². The first-order valence-corrected chi connectivity index (χ1v) is 7.02. The van der Waals surface area contributed by atoms with E-state index in [0.29, 0.717) is 22.7 Å². The molecular weight excluding hydrogens is 280 g/mol. The summed E-state index contributed by atoms with van der Waals surface area (Å²) in [5.74, 6) is 0.328. The monoisotopic (exact) mass is 296 g/mol. The van der Waals surface area contributed by atoms with Crippen LogP contribution in [0.1, 0.15) is 24.0 Å². The van der Waals surface area contributed by atoms with Crippen LogP contribution in [-0.2, 0) is 4.79 Å². The molecule has 0 spiro atoms. The second-order valence-electron chi connectivity index (χ2n) is 5.09. The maximum absolute atomic E-state index is 12.0. The molecule has 112 valence electrons. The second kappa shape index (κ2) is 5.99. The highest BCUT2D eigenvalue weighted by molar-refractivity contribution is 5.93. The number of rotatable bonds is 4. The third-order valence-electron chi connectivity index (χ3n) is 3.34. The highest BCUT2D eigenvalue weighted by Gasteiger charge is 2.13. The fraction of sp³-hybridized carbons (Fsp3) is 0.176. The van der Waals surface area contributed by atoms with Gasteiger partial charge in [-0.25, -0.2) is 4.98 Å². The highest BCUT2D eigenvalue weighted by atomic mass is 16.3. The van der Waals surface area contributed by atoms with E-state index in [0.717, 1.165) is 5.56 Å². The molecule has 3 rings (SSSR count). The third-order valence-corrected chi connectivity index (χ3v) is 3.34. The number of amides is 1. The molecule has 2 N–H and O–H groups in total.